The fraction of sp³-hybridized carbons (Fsp3) is 0.417. The Balaban J connectivity index is 1.29. The van der Waals surface area contributed by atoms with Gasteiger partial charge >= 0.3 is 0 Å². The average Bonchev–Trinajstić information content (AvgIpc) is 2.77. The summed E-state index contributed by atoms with van der Waals surface area (Å²) in [6, 6.07) is 10.0. The molecule has 2 aromatic heterocycles. The van der Waals surface area contributed by atoms with Crippen molar-refractivity contribution in [3.8, 4) is 5.75 Å². The van der Waals surface area contributed by atoms with Gasteiger partial charge in [-0.15, -0.1) is 0 Å². The lowest BCUT2D eigenvalue weighted by Gasteiger charge is -2.29. The number of nitrogens with zero attached hydrogens (tertiary/aromatic N) is 2. The van der Waals surface area contributed by atoms with Crippen LogP contribution in [0.15, 0.2) is 41.3 Å². The van der Waals surface area contributed by atoms with Gasteiger partial charge in [0.25, 0.3) is 5.56 Å². The van der Waals surface area contributed by atoms with E-state index in [1.807, 2.05) is 37.3 Å². The maximum absolute atomic E-state index is 12.5. The molecule has 162 valence electrons. The Morgan fingerprint density at radius 1 is 1.23 bits per heavy atom. The largest absolute Gasteiger partial charge is 0.490 e. The number of fused-ring (bicyclic) bond motifs is 1. The minimum Gasteiger partial charge on any atom is -0.490 e. The van der Waals surface area contributed by atoms with Crippen molar-refractivity contribution in [1.82, 2.24) is 20.3 Å². The molecule has 1 aliphatic carbocycles. The highest BCUT2D eigenvalue weighted by Crippen LogP contribution is 2.26. The lowest BCUT2D eigenvalue weighted by atomic mass is 9.92. The number of rotatable bonds is 6. The zero-order valence-corrected chi connectivity index (χ0v) is 18.0. The van der Waals surface area contributed by atoms with E-state index >= 15 is 0 Å². The first kappa shape index (κ1) is 21.0. The number of aromatic nitrogens is 3. The average molecular weight is 421 g/mol. The molecule has 1 aromatic carbocycles. The van der Waals surface area contributed by atoms with E-state index in [2.05, 4.69) is 20.3 Å². The van der Waals surface area contributed by atoms with Crippen LogP contribution in [-0.4, -0.2) is 33.0 Å². The predicted octanol–water partition coefficient (Wildman–Crippen LogP) is 3.24. The van der Waals surface area contributed by atoms with E-state index in [0.717, 1.165) is 42.3 Å². The van der Waals surface area contributed by atoms with Gasteiger partial charge in [0.15, 0.2) is 0 Å². The minimum atomic E-state index is -0.220. The molecule has 1 fully saturated rings. The molecule has 0 unspecified atom stereocenters. The van der Waals surface area contributed by atoms with E-state index in [9.17, 15) is 9.59 Å². The number of pyridine rings is 1. The second-order valence-electron chi connectivity index (χ2n) is 8.12. The van der Waals surface area contributed by atoms with Gasteiger partial charge in [0.2, 0.25) is 5.91 Å². The Bertz CT molecular complexity index is 1130. The summed E-state index contributed by atoms with van der Waals surface area (Å²) in [5, 5.41) is 4.14. The quantitative estimate of drug-likeness (QED) is 0.638. The summed E-state index contributed by atoms with van der Waals surface area (Å²) in [5.41, 5.74) is 1.80. The number of amides is 1. The topological polar surface area (TPSA) is 97.0 Å². The van der Waals surface area contributed by atoms with Crippen LogP contribution in [-0.2, 0) is 17.6 Å². The summed E-state index contributed by atoms with van der Waals surface area (Å²) in [6.45, 7) is 3.71. The maximum atomic E-state index is 12.5. The maximum Gasteiger partial charge on any atom is 0.254 e. The van der Waals surface area contributed by atoms with Gasteiger partial charge in [-0.1, -0.05) is 13.0 Å². The van der Waals surface area contributed by atoms with Crippen molar-refractivity contribution in [1.29, 1.82) is 0 Å². The van der Waals surface area contributed by atoms with Gasteiger partial charge in [-0.05, 0) is 56.9 Å². The van der Waals surface area contributed by atoms with Gasteiger partial charge in [-0.25, -0.2) is 4.98 Å². The van der Waals surface area contributed by atoms with Crippen LogP contribution in [0.4, 0.5) is 0 Å². The first-order valence-electron chi connectivity index (χ1n) is 10.9. The second-order valence-corrected chi connectivity index (χ2v) is 8.12. The van der Waals surface area contributed by atoms with Gasteiger partial charge in [-0.3, -0.25) is 14.6 Å². The van der Waals surface area contributed by atoms with Gasteiger partial charge < -0.3 is 15.0 Å². The highest BCUT2D eigenvalue weighted by molar-refractivity contribution is 5.80. The second kappa shape index (κ2) is 9.29. The number of ether oxygens (including phenoxy) is 1. The number of hydrogen-bond donors (Lipinski definition) is 2. The Labute approximate surface area is 181 Å². The molecular formula is C24H28N4O3. The van der Waals surface area contributed by atoms with Crippen LogP contribution >= 0.6 is 0 Å². The first-order valence-corrected chi connectivity index (χ1v) is 10.9. The lowest BCUT2D eigenvalue weighted by Crippen LogP contribution is -2.41. The Hall–Kier alpha value is -3.22. The molecule has 31 heavy (non-hydrogen) atoms. The number of aryl methyl sites for hydroxylation is 2. The van der Waals surface area contributed by atoms with Crippen molar-refractivity contribution in [2.24, 2.45) is 0 Å². The monoisotopic (exact) mass is 420 g/mol. The van der Waals surface area contributed by atoms with Crippen molar-refractivity contribution < 1.29 is 9.53 Å². The molecule has 2 N–H and O–H groups in total. The van der Waals surface area contributed by atoms with Crippen LogP contribution in [0.2, 0.25) is 0 Å². The van der Waals surface area contributed by atoms with Gasteiger partial charge in [-0.2, -0.15) is 0 Å². The number of H-pyrrole nitrogens is 1. The normalized spacial score (nSPS) is 18.6. The summed E-state index contributed by atoms with van der Waals surface area (Å²) in [7, 11) is 0. The molecule has 3 aromatic rings. The van der Waals surface area contributed by atoms with E-state index in [1.165, 1.54) is 0 Å². The van der Waals surface area contributed by atoms with Crippen LogP contribution in [0.3, 0.4) is 0 Å². The Morgan fingerprint density at radius 2 is 2.03 bits per heavy atom. The fourth-order valence-electron chi connectivity index (χ4n) is 4.13. The third-order valence-corrected chi connectivity index (χ3v) is 5.86. The molecule has 0 saturated heterocycles. The molecule has 4 rings (SSSR count). The molecule has 0 bridgehead atoms. The molecular weight excluding hydrogens is 392 g/mol. The number of hydrogen-bond acceptors (Lipinski definition) is 5. The van der Waals surface area contributed by atoms with Crippen molar-refractivity contribution in [2.75, 3.05) is 0 Å². The number of benzene rings is 1. The fourth-order valence-corrected chi connectivity index (χ4v) is 4.13. The number of carbonyl (C=O) groups excluding carboxylic acids is 1. The van der Waals surface area contributed by atoms with Crippen LogP contribution in [0.1, 0.15) is 49.7 Å². The van der Waals surface area contributed by atoms with E-state index in [0.29, 0.717) is 23.5 Å². The molecule has 2 heterocycles. The molecule has 1 amide bonds. The SMILES string of the molecule is CCc1nc(C)c(CC(=O)NC2CCC(Oc3ccc4ncccc4c3)CC2)c(=O)[nH]1. The smallest absolute Gasteiger partial charge is 0.254 e. The third-order valence-electron chi connectivity index (χ3n) is 5.86. The highest BCUT2D eigenvalue weighted by atomic mass is 16.5. The molecule has 0 spiro atoms. The predicted molar refractivity (Wildman–Crippen MR) is 119 cm³/mol. The molecule has 7 heteroatoms. The van der Waals surface area contributed by atoms with Crippen LogP contribution in [0.25, 0.3) is 10.9 Å². The number of aromatic amines is 1. The lowest BCUT2D eigenvalue weighted by molar-refractivity contribution is -0.121. The summed E-state index contributed by atoms with van der Waals surface area (Å²) in [6.07, 6.45) is 6.10. The molecule has 0 atom stereocenters. The zero-order chi connectivity index (χ0) is 21.8. The van der Waals surface area contributed by atoms with Gasteiger partial charge in [0.05, 0.1) is 18.0 Å². The van der Waals surface area contributed by atoms with Gasteiger partial charge in [0.1, 0.15) is 11.6 Å². The van der Waals surface area contributed by atoms with Gasteiger partial charge in [0, 0.05) is 35.3 Å². The molecule has 1 aliphatic rings. The summed E-state index contributed by atoms with van der Waals surface area (Å²) >= 11 is 0. The highest BCUT2D eigenvalue weighted by Gasteiger charge is 2.24. The third kappa shape index (κ3) is 5.10. The van der Waals surface area contributed by atoms with E-state index in [4.69, 9.17) is 4.74 Å². The number of carbonyl (C=O) groups is 1. The zero-order valence-electron chi connectivity index (χ0n) is 18.0. The van der Waals surface area contributed by atoms with Crippen LogP contribution < -0.4 is 15.6 Å². The van der Waals surface area contributed by atoms with Crippen molar-refractivity contribution >= 4 is 16.8 Å². The molecule has 0 aliphatic heterocycles. The number of nitrogens with one attached hydrogen (secondary N) is 2. The summed E-state index contributed by atoms with van der Waals surface area (Å²) < 4.78 is 6.17. The first-order chi connectivity index (χ1) is 15.0. The van der Waals surface area contributed by atoms with E-state index in [-0.39, 0.29) is 30.0 Å². The summed E-state index contributed by atoms with van der Waals surface area (Å²) in [5.74, 6) is 1.37. The summed E-state index contributed by atoms with van der Waals surface area (Å²) in [4.78, 5) is 36.2. The van der Waals surface area contributed by atoms with Crippen molar-refractivity contribution in [2.45, 2.75) is 64.5 Å². The molecule has 0 radical (unpaired) electrons. The van der Waals surface area contributed by atoms with Crippen molar-refractivity contribution in [3.63, 3.8) is 0 Å². The van der Waals surface area contributed by atoms with Crippen molar-refractivity contribution in [3.05, 3.63) is 64.0 Å². The standard InChI is InChI=1S/C24H28N4O3/c1-3-22-26-15(2)20(24(30)28-22)14-23(29)27-17-6-8-18(9-7-17)31-19-10-11-21-16(13-19)5-4-12-25-21/h4-5,10-13,17-18H,3,6-9,14H2,1-2H3,(H,27,29)(H,26,28,30). The van der Waals surface area contributed by atoms with E-state index in [1.54, 1.807) is 13.1 Å². The van der Waals surface area contributed by atoms with E-state index < -0.39 is 0 Å². The van der Waals surface area contributed by atoms with Crippen LogP contribution in [0.5, 0.6) is 5.75 Å². The Morgan fingerprint density at radius 3 is 2.77 bits per heavy atom. The minimum absolute atomic E-state index is 0.0553. The molecule has 1 saturated carbocycles. The molecule has 7 nitrogen and oxygen atoms in total. The van der Waals surface area contributed by atoms with Crippen LogP contribution in [0, 0.1) is 6.92 Å². The Kier molecular flexibility index (Phi) is 6.30.